The summed E-state index contributed by atoms with van der Waals surface area (Å²) in [5.41, 5.74) is 0. The number of aliphatic hydroxyl groups is 1. The molecule has 4 nitrogen and oxygen atoms in total. The van der Waals surface area contributed by atoms with Gasteiger partial charge >= 0.3 is 0 Å². The van der Waals surface area contributed by atoms with Gasteiger partial charge in [0.25, 0.3) is 0 Å². The summed E-state index contributed by atoms with van der Waals surface area (Å²) in [6, 6.07) is 4.13. The zero-order valence-corrected chi connectivity index (χ0v) is 12.5. The van der Waals surface area contributed by atoms with Gasteiger partial charge in [-0.1, -0.05) is 6.07 Å². The zero-order valence-electron chi connectivity index (χ0n) is 11.7. The van der Waals surface area contributed by atoms with Gasteiger partial charge in [0.05, 0.1) is 6.10 Å². The van der Waals surface area contributed by atoms with Gasteiger partial charge in [-0.05, 0) is 43.0 Å². The smallest absolute Gasteiger partial charge is 0.220 e. The minimum absolute atomic E-state index is 0.0349. The number of amides is 1. The molecule has 2 N–H and O–H groups in total. The maximum Gasteiger partial charge on any atom is 0.220 e. The van der Waals surface area contributed by atoms with Crippen molar-refractivity contribution in [2.45, 2.75) is 38.2 Å². The van der Waals surface area contributed by atoms with Crippen LogP contribution in [0.1, 0.15) is 30.6 Å². The Morgan fingerprint density at radius 1 is 1.50 bits per heavy atom. The van der Waals surface area contributed by atoms with E-state index in [2.05, 4.69) is 16.8 Å². The first-order chi connectivity index (χ1) is 9.75. The summed E-state index contributed by atoms with van der Waals surface area (Å²) in [5.74, 6) is 0.294. The molecule has 1 amide bonds. The highest BCUT2D eigenvalue weighted by molar-refractivity contribution is 7.09. The summed E-state index contributed by atoms with van der Waals surface area (Å²) in [6.45, 7) is 1.80. The van der Waals surface area contributed by atoms with Crippen LogP contribution in [-0.4, -0.2) is 36.9 Å². The van der Waals surface area contributed by atoms with Crippen molar-refractivity contribution < 1.29 is 14.6 Å². The molecule has 0 saturated carbocycles. The molecule has 0 aliphatic carbocycles. The summed E-state index contributed by atoms with van der Waals surface area (Å²) in [4.78, 5) is 13.0. The first kappa shape index (κ1) is 15.5. The summed E-state index contributed by atoms with van der Waals surface area (Å²) in [5, 5.41) is 14.9. The number of carbonyl (C=O) groups is 1. The summed E-state index contributed by atoms with van der Waals surface area (Å²) in [7, 11) is 0. The van der Waals surface area contributed by atoms with Crippen molar-refractivity contribution in [2.24, 2.45) is 5.92 Å². The lowest BCUT2D eigenvalue weighted by Crippen LogP contribution is -2.38. The van der Waals surface area contributed by atoms with E-state index in [0.29, 0.717) is 13.0 Å². The highest BCUT2D eigenvalue weighted by Gasteiger charge is 2.22. The van der Waals surface area contributed by atoms with Gasteiger partial charge in [0.15, 0.2) is 0 Å². The number of hydrogen-bond donors (Lipinski definition) is 2. The Morgan fingerprint density at radius 3 is 3.00 bits per heavy atom. The van der Waals surface area contributed by atoms with E-state index in [9.17, 15) is 9.90 Å². The fraction of sp³-hybridized carbons (Fsp3) is 0.667. The first-order valence-corrected chi connectivity index (χ1v) is 8.18. The van der Waals surface area contributed by atoms with Crippen molar-refractivity contribution in [1.82, 2.24) is 5.32 Å². The number of aliphatic hydroxyl groups excluding tert-OH is 1. The second kappa shape index (κ2) is 8.39. The van der Waals surface area contributed by atoms with Gasteiger partial charge in [-0.3, -0.25) is 4.79 Å². The van der Waals surface area contributed by atoms with Crippen LogP contribution in [0.5, 0.6) is 0 Å². The van der Waals surface area contributed by atoms with Crippen LogP contribution in [0.25, 0.3) is 0 Å². The molecule has 0 spiro atoms. The van der Waals surface area contributed by atoms with Gasteiger partial charge in [-0.2, -0.15) is 0 Å². The lowest BCUT2D eigenvalue weighted by atomic mass is 9.94. The van der Waals surface area contributed by atoms with Gasteiger partial charge in [0.2, 0.25) is 5.91 Å². The molecule has 1 saturated heterocycles. The number of thiophene rings is 1. The molecule has 1 atom stereocenters. The summed E-state index contributed by atoms with van der Waals surface area (Å²) < 4.78 is 5.27. The Balaban J connectivity index is 1.57. The van der Waals surface area contributed by atoms with Gasteiger partial charge in [0, 0.05) is 31.1 Å². The van der Waals surface area contributed by atoms with Crippen LogP contribution in [0.2, 0.25) is 0 Å². The molecule has 1 fully saturated rings. The first-order valence-electron chi connectivity index (χ1n) is 7.30. The van der Waals surface area contributed by atoms with Crippen molar-refractivity contribution in [3.63, 3.8) is 0 Å². The van der Waals surface area contributed by atoms with Crippen LogP contribution in [0.15, 0.2) is 17.5 Å². The Kier molecular flexibility index (Phi) is 6.50. The van der Waals surface area contributed by atoms with Gasteiger partial charge in [-0.25, -0.2) is 0 Å². The zero-order chi connectivity index (χ0) is 14.2. The van der Waals surface area contributed by atoms with E-state index >= 15 is 0 Å². The molecule has 112 valence electrons. The maximum absolute atomic E-state index is 11.7. The van der Waals surface area contributed by atoms with E-state index in [1.54, 1.807) is 11.3 Å². The highest BCUT2D eigenvalue weighted by Crippen LogP contribution is 2.18. The molecule has 1 aromatic heterocycles. The van der Waals surface area contributed by atoms with Crippen LogP contribution in [0.3, 0.4) is 0 Å². The Hall–Kier alpha value is -0.910. The fourth-order valence-electron chi connectivity index (χ4n) is 2.45. The van der Waals surface area contributed by atoms with Gasteiger partial charge < -0.3 is 15.2 Å². The van der Waals surface area contributed by atoms with Crippen LogP contribution in [-0.2, 0) is 16.0 Å². The average molecular weight is 297 g/mol. The van der Waals surface area contributed by atoms with E-state index in [1.807, 2.05) is 6.07 Å². The lowest BCUT2D eigenvalue weighted by Gasteiger charge is -2.26. The van der Waals surface area contributed by atoms with Crippen molar-refractivity contribution in [3.8, 4) is 0 Å². The highest BCUT2D eigenvalue weighted by atomic mass is 32.1. The molecule has 2 rings (SSSR count). The molecular formula is C15H23NO3S. The average Bonchev–Trinajstić information content (AvgIpc) is 2.99. The fourth-order valence-corrected chi connectivity index (χ4v) is 3.20. The van der Waals surface area contributed by atoms with Crippen LogP contribution < -0.4 is 5.32 Å². The number of hydrogen-bond acceptors (Lipinski definition) is 4. The number of ether oxygens (including phenoxy) is 1. The number of carbonyl (C=O) groups excluding carboxylic acids is 1. The second-order valence-electron chi connectivity index (χ2n) is 5.25. The molecule has 5 heteroatoms. The van der Waals surface area contributed by atoms with E-state index in [0.717, 1.165) is 38.9 Å². The quantitative estimate of drug-likeness (QED) is 0.809. The molecule has 0 bridgehead atoms. The Labute approximate surface area is 124 Å². The van der Waals surface area contributed by atoms with E-state index < -0.39 is 6.10 Å². The number of nitrogens with one attached hydrogen (secondary N) is 1. The summed E-state index contributed by atoms with van der Waals surface area (Å²) >= 11 is 1.73. The molecule has 1 aliphatic heterocycles. The molecular weight excluding hydrogens is 274 g/mol. The molecule has 0 radical (unpaired) electrons. The van der Waals surface area contributed by atoms with E-state index in [4.69, 9.17) is 4.74 Å². The van der Waals surface area contributed by atoms with Gasteiger partial charge in [-0.15, -0.1) is 11.3 Å². The van der Waals surface area contributed by atoms with Crippen molar-refractivity contribution in [1.29, 1.82) is 0 Å². The third kappa shape index (κ3) is 5.23. The normalized spacial score (nSPS) is 17.9. The third-order valence-corrected chi connectivity index (χ3v) is 4.66. The minimum atomic E-state index is -0.444. The molecule has 1 unspecified atom stereocenters. The van der Waals surface area contributed by atoms with Crippen LogP contribution in [0.4, 0.5) is 0 Å². The SMILES string of the molecule is O=C(CCCc1cccs1)NCC(O)C1CCOCC1. The molecule has 2 heterocycles. The monoisotopic (exact) mass is 297 g/mol. The molecule has 1 aliphatic rings. The lowest BCUT2D eigenvalue weighted by molar-refractivity contribution is -0.121. The Bertz CT molecular complexity index is 388. The van der Waals surface area contributed by atoms with Crippen LogP contribution >= 0.6 is 11.3 Å². The number of aryl methyl sites for hydroxylation is 1. The predicted octanol–water partition coefficient (Wildman–Crippen LogP) is 1.97. The largest absolute Gasteiger partial charge is 0.391 e. The third-order valence-electron chi connectivity index (χ3n) is 3.73. The van der Waals surface area contributed by atoms with Crippen molar-refractivity contribution in [2.75, 3.05) is 19.8 Å². The number of rotatable bonds is 7. The summed E-state index contributed by atoms with van der Waals surface area (Å²) in [6.07, 6.45) is 3.66. The molecule has 0 aromatic carbocycles. The topological polar surface area (TPSA) is 58.6 Å². The Morgan fingerprint density at radius 2 is 2.30 bits per heavy atom. The van der Waals surface area contributed by atoms with E-state index in [1.165, 1.54) is 4.88 Å². The van der Waals surface area contributed by atoms with Crippen molar-refractivity contribution in [3.05, 3.63) is 22.4 Å². The van der Waals surface area contributed by atoms with Crippen molar-refractivity contribution >= 4 is 17.2 Å². The minimum Gasteiger partial charge on any atom is -0.391 e. The van der Waals surface area contributed by atoms with E-state index in [-0.39, 0.29) is 11.8 Å². The standard InChI is InChI=1S/C15H23NO3S/c17-14(12-6-8-19-9-7-12)11-16-15(18)5-1-3-13-4-2-10-20-13/h2,4,10,12,14,17H,1,3,5-9,11H2,(H,16,18). The predicted molar refractivity (Wildman–Crippen MR) is 79.8 cm³/mol. The molecule has 20 heavy (non-hydrogen) atoms. The van der Waals surface area contributed by atoms with Gasteiger partial charge in [0.1, 0.15) is 0 Å². The van der Waals surface area contributed by atoms with Crippen LogP contribution in [0, 0.1) is 5.92 Å². The molecule has 1 aromatic rings. The maximum atomic E-state index is 11.7. The second-order valence-corrected chi connectivity index (χ2v) is 6.29.